The molecule has 1 atom stereocenters. The Labute approximate surface area is 174 Å². The number of ether oxygens (including phenoxy) is 1. The molecule has 0 fully saturated rings. The molecule has 1 aromatic heterocycles. The van der Waals surface area contributed by atoms with Gasteiger partial charge in [0, 0.05) is 34.6 Å². The molecule has 152 valence electrons. The lowest BCUT2D eigenvalue weighted by molar-refractivity contribution is -0.538. The van der Waals surface area contributed by atoms with E-state index < -0.39 is 0 Å². The summed E-state index contributed by atoms with van der Waals surface area (Å²) in [6, 6.07) is 6.48. The molecule has 28 heavy (non-hydrogen) atoms. The number of rotatable bonds is 4. The second-order valence-electron chi connectivity index (χ2n) is 7.57. The van der Waals surface area contributed by atoms with Gasteiger partial charge in [0.15, 0.2) is 0 Å². The van der Waals surface area contributed by atoms with E-state index in [1.165, 1.54) is 41.4 Å². The molecule has 0 saturated heterocycles. The van der Waals surface area contributed by atoms with Crippen molar-refractivity contribution in [3.05, 3.63) is 33.9 Å². The van der Waals surface area contributed by atoms with E-state index in [-0.39, 0.29) is 11.4 Å². The zero-order valence-electron chi connectivity index (χ0n) is 16.9. The smallest absolute Gasteiger partial charge is 0.305 e. The maximum atomic E-state index is 11.8. The molecule has 2 aliphatic rings. The van der Waals surface area contributed by atoms with Crippen molar-refractivity contribution in [2.45, 2.75) is 45.4 Å². The summed E-state index contributed by atoms with van der Waals surface area (Å²) in [5.41, 5.74) is 5.43. The molecule has 2 aliphatic heterocycles. The van der Waals surface area contributed by atoms with Gasteiger partial charge in [-0.15, -0.1) is 0 Å². The number of esters is 1. The number of methoxy groups -OCH3 is 1. The average molecular weight is 449 g/mol. The van der Waals surface area contributed by atoms with Crippen LogP contribution in [-0.4, -0.2) is 48.5 Å². The van der Waals surface area contributed by atoms with Crippen molar-refractivity contribution < 1.29 is 19.2 Å². The SMILES string of the molecule is CCC1(CCC(=O)OC)CCC[N+]2=C1c1[nH]c3ccc(Br)cc3c1CC2.C[O-]. The van der Waals surface area contributed by atoms with Crippen molar-refractivity contribution in [3.63, 3.8) is 0 Å². The summed E-state index contributed by atoms with van der Waals surface area (Å²) >= 11 is 3.62. The summed E-state index contributed by atoms with van der Waals surface area (Å²) in [4.78, 5) is 15.6. The van der Waals surface area contributed by atoms with Gasteiger partial charge in [0.2, 0.25) is 5.71 Å². The Morgan fingerprint density at radius 3 is 2.86 bits per heavy atom. The number of hydrogen-bond acceptors (Lipinski definition) is 3. The molecule has 0 aliphatic carbocycles. The van der Waals surface area contributed by atoms with Crippen LogP contribution in [0.4, 0.5) is 0 Å². The van der Waals surface area contributed by atoms with E-state index in [4.69, 9.17) is 9.84 Å². The second-order valence-corrected chi connectivity index (χ2v) is 8.48. The fourth-order valence-electron chi connectivity index (χ4n) is 4.96. The largest absolute Gasteiger partial charge is 0.857 e. The minimum absolute atomic E-state index is 0.0553. The Morgan fingerprint density at radius 2 is 2.14 bits per heavy atom. The molecule has 1 aromatic carbocycles. The lowest BCUT2D eigenvalue weighted by Gasteiger charge is -2.37. The minimum Gasteiger partial charge on any atom is -0.857 e. The maximum Gasteiger partial charge on any atom is 0.305 e. The monoisotopic (exact) mass is 448 g/mol. The van der Waals surface area contributed by atoms with Crippen molar-refractivity contribution in [1.82, 2.24) is 4.98 Å². The van der Waals surface area contributed by atoms with Crippen LogP contribution >= 0.6 is 15.9 Å². The van der Waals surface area contributed by atoms with Crippen LogP contribution in [-0.2, 0) is 16.0 Å². The van der Waals surface area contributed by atoms with Gasteiger partial charge in [0.05, 0.1) is 12.5 Å². The number of nitrogens with zero attached hydrogens (tertiary/aromatic N) is 1. The quantitative estimate of drug-likeness (QED) is 0.575. The third-order valence-corrected chi connectivity index (χ3v) is 6.84. The molecule has 6 heteroatoms. The van der Waals surface area contributed by atoms with Crippen LogP contribution in [0.2, 0.25) is 0 Å². The van der Waals surface area contributed by atoms with E-state index in [0.717, 1.165) is 50.4 Å². The van der Waals surface area contributed by atoms with Crippen LogP contribution in [0.5, 0.6) is 0 Å². The van der Waals surface area contributed by atoms with Crippen molar-refractivity contribution in [3.8, 4) is 0 Å². The highest BCUT2D eigenvalue weighted by Gasteiger charge is 2.47. The van der Waals surface area contributed by atoms with Gasteiger partial charge in [-0.3, -0.25) is 4.79 Å². The maximum absolute atomic E-state index is 11.8. The molecule has 0 amide bonds. The number of halogens is 1. The first-order chi connectivity index (χ1) is 13.6. The predicted octanol–water partition coefficient (Wildman–Crippen LogP) is 3.41. The topological polar surface area (TPSA) is 68.2 Å². The van der Waals surface area contributed by atoms with E-state index in [1.807, 2.05) is 0 Å². The summed E-state index contributed by atoms with van der Waals surface area (Å²) in [5, 5.41) is 9.57. The van der Waals surface area contributed by atoms with Crippen molar-refractivity contribution in [2.24, 2.45) is 5.41 Å². The van der Waals surface area contributed by atoms with E-state index in [9.17, 15) is 4.79 Å². The molecule has 0 radical (unpaired) electrons. The number of fused-ring (bicyclic) bond motifs is 4. The van der Waals surface area contributed by atoms with Gasteiger partial charge >= 0.3 is 5.97 Å². The molecule has 3 heterocycles. The first kappa shape index (κ1) is 21.1. The number of benzene rings is 1. The molecular formula is C22H29BrN2O3. The van der Waals surface area contributed by atoms with Gasteiger partial charge in [0.1, 0.15) is 18.8 Å². The molecule has 4 rings (SSSR count). The first-order valence-electron chi connectivity index (χ1n) is 9.98. The highest BCUT2D eigenvalue weighted by atomic mass is 79.9. The number of carbonyl (C=O) groups is 1. The molecule has 2 aromatic rings. The third kappa shape index (κ3) is 3.64. The number of carbonyl (C=O) groups excluding carboxylic acids is 1. The number of hydrogen-bond donors (Lipinski definition) is 1. The fraction of sp³-hybridized carbons (Fsp3) is 0.545. The summed E-state index contributed by atoms with van der Waals surface area (Å²) in [6.45, 7) is 4.46. The van der Waals surface area contributed by atoms with Crippen LogP contribution in [0, 0.1) is 5.41 Å². The highest BCUT2D eigenvalue weighted by Crippen LogP contribution is 2.43. The Hall–Kier alpha value is -1.66. The molecule has 1 unspecified atom stereocenters. The van der Waals surface area contributed by atoms with Gasteiger partial charge in [-0.1, -0.05) is 22.9 Å². The summed E-state index contributed by atoms with van der Waals surface area (Å²) in [6.07, 6.45) is 5.81. The number of H-pyrrole nitrogens is 1. The van der Waals surface area contributed by atoms with Crippen LogP contribution < -0.4 is 5.11 Å². The Kier molecular flexibility index (Phi) is 6.61. The lowest BCUT2D eigenvalue weighted by atomic mass is 9.68. The molecule has 0 saturated carbocycles. The predicted molar refractivity (Wildman–Crippen MR) is 113 cm³/mol. The van der Waals surface area contributed by atoms with Crippen molar-refractivity contribution >= 4 is 38.5 Å². The average Bonchev–Trinajstić information content (AvgIpc) is 3.11. The zero-order chi connectivity index (χ0) is 20.3. The zero-order valence-corrected chi connectivity index (χ0v) is 18.5. The normalized spacial score (nSPS) is 20.9. The Morgan fingerprint density at radius 1 is 1.36 bits per heavy atom. The molecule has 5 nitrogen and oxygen atoms in total. The van der Waals surface area contributed by atoms with Gasteiger partial charge in [-0.05, 0) is 43.0 Å². The summed E-state index contributed by atoms with van der Waals surface area (Å²) in [5.74, 6) is -0.104. The molecule has 0 bridgehead atoms. The molecule has 0 spiro atoms. The lowest BCUT2D eigenvalue weighted by Crippen LogP contribution is -2.46. The van der Waals surface area contributed by atoms with Crippen LogP contribution in [0.3, 0.4) is 0 Å². The Bertz CT molecular complexity index is 903. The van der Waals surface area contributed by atoms with Crippen LogP contribution in [0.1, 0.15) is 50.3 Å². The van der Waals surface area contributed by atoms with Crippen LogP contribution in [0.25, 0.3) is 10.9 Å². The summed E-state index contributed by atoms with van der Waals surface area (Å²) in [7, 11) is 2.23. The van der Waals surface area contributed by atoms with Crippen molar-refractivity contribution in [2.75, 3.05) is 27.3 Å². The minimum atomic E-state index is -0.104. The molecular weight excluding hydrogens is 420 g/mol. The van der Waals surface area contributed by atoms with Gasteiger partial charge < -0.3 is 14.8 Å². The van der Waals surface area contributed by atoms with Gasteiger partial charge in [0.25, 0.3) is 0 Å². The third-order valence-electron chi connectivity index (χ3n) is 6.35. The Balaban J connectivity index is 0.00000109. The highest BCUT2D eigenvalue weighted by molar-refractivity contribution is 9.10. The van der Waals surface area contributed by atoms with Gasteiger partial charge in [-0.2, -0.15) is 7.11 Å². The van der Waals surface area contributed by atoms with E-state index >= 15 is 0 Å². The van der Waals surface area contributed by atoms with Gasteiger partial charge in [-0.25, -0.2) is 4.58 Å². The summed E-state index contributed by atoms with van der Waals surface area (Å²) < 4.78 is 8.61. The standard InChI is InChI=1S/C21H25BrN2O2.CH3O/c1-3-21(10-7-18(25)26-2)9-4-11-24-12-8-15-16-13-14(22)5-6-17(16)23-19(15)20(21)24;1-2/h5-6,13H,3-4,7-12H2,1-2H3;1H3/q;-1/p+1. The van der Waals surface area contributed by atoms with Crippen molar-refractivity contribution in [1.29, 1.82) is 0 Å². The second kappa shape index (κ2) is 8.78. The fourth-order valence-corrected chi connectivity index (χ4v) is 5.32. The van der Waals surface area contributed by atoms with E-state index in [1.54, 1.807) is 0 Å². The first-order valence-corrected chi connectivity index (χ1v) is 10.8. The number of nitrogens with one attached hydrogen (secondary N) is 1. The van der Waals surface area contributed by atoms with E-state index in [0.29, 0.717) is 6.42 Å². The molecule has 1 N–H and O–H groups in total. The van der Waals surface area contributed by atoms with Crippen LogP contribution in [0.15, 0.2) is 22.7 Å². The number of aromatic amines is 1. The number of aromatic nitrogens is 1. The van der Waals surface area contributed by atoms with E-state index in [2.05, 4.69) is 50.6 Å².